The highest BCUT2D eigenvalue weighted by molar-refractivity contribution is 5.80. The van der Waals surface area contributed by atoms with Crippen molar-refractivity contribution in [1.82, 2.24) is 9.55 Å². The van der Waals surface area contributed by atoms with Crippen LogP contribution in [-0.4, -0.2) is 15.5 Å². The van der Waals surface area contributed by atoms with E-state index in [0.29, 0.717) is 47.8 Å². The molecule has 0 bridgehead atoms. The molecule has 0 radical (unpaired) electrons. The van der Waals surface area contributed by atoms with Gasteiger partial charge in [-0.15, -0.1) is 0 Å². The fraction of sp³-hybridized carbons (Fsp3) is 0.393. The Bertz CT molecular complexity index is 1240. The summed E-state index contributed by atoms with van der Waals surface area (Å²) in [7, 11) is 0. The molecule has 0 saturated carbocycles. The molecule has 5 nitrogen and oxygen atoms in total. The first-order valence-electron chi connectivity index (χ1n) is 11.6. The van der Waals surface area contributed by atoms with E-state index in [-0.39, 0.29) is 23.3 Å². The molecule has 0 aliphatic rings. The summed E-state index contributed by atoms with van der Waals surface area (Å²) >= 11 is 0. The summed E-state index contributed by atoms with van der Waals surface area (Å²) in [5.41, 5.74) is 1.88. The number of ether oxygens (including phenoxy) is 1. The van der Waals surface area contributed by atoms with Gasteiger partial charge in [0.1, 0.15) is 17.4 Å². The minimum atomic E-state index is -0.686. The topological polar surface area (TPSA) is 61.2 Å². The summed E-state index contributed by atoms with van der Waals surface area (Å²) in [4.78, 5) is 31.1. The number of hydrogen-bond acceptors (Lipinski definition) is 4. The molecule has 180 valence electrons. The lowest BCUT2D eigenvalue weighted by molar-refractivity contribution is -0.142. The number of aryl methyl sites for hydroxylation is 2. The summed E-state index contributed by atoms with van der Waals surface area (Å²) in [5, 5.41) is 0. The normalized spacial score (nSPS) is 11.6. The van der Waals surface area contributed by atoms with Gasteiger partial charge in [0, 0.05) is 17.8 Å². The molecule has 0 aliphatic carbocycles. The molecule has 6 heteroatoms. The van der Waals surface area contributed by atoms with Crippen LogP contribution in [0.2, 0.25) is 0 Å². The van der Waals surface area contributed by atoms with Gasteiger partial charge in [-0.3, -0.25) is 14.2 Å². The first-order chi connectivity index (χ1) is 16.0. The van der Waals surface area contributed by atoms with Crippen LogP contribution < -0.4 is 10.3 Å². The lowest BCUT2D eigenvalue weighted by Gasteiger charge is -2.20. The number of halogens is 1. The van der Waals surface area contributed by atoms with E-state index in [1.807, 2.05) is 19.1 Å². The molecule has 0 saturated heterocycles. The number of benzene rings is 2. The second-order valence-corrected chi connectivity index (χ2v) is 10.1. The molecule has 0 fully saturated rings. The Labute approximate surface area is 200 Å². The number of para-hydroxylation sites is 1. The number of carbonyl (C=O) groups excluding carboxylic acids is 1. The fourth-order valence-corrected chi connectivity index (χ4v) is 3.68. The Morgan fingerprint density at radius 3 is 2.47 bits per heavy atom. The standard InChI is InChI=1S/C28H33FN2O3/c1-18(2)16-23-19(3)30-25(22-12-7-8-13-24(22)34-27(33)28(4,5)6)31(26(23)32)15-14-20-10-9-11-21(29)17-20/h7-13,17-18H,14-16H2,1-6H3. The van der Waals surface area contributed by atoms with Gasteiger partial charge in [0.25, 0.3) is 5.56 Å². The molecule has 0 amide bonds. The first kappa shape index (κ1) is 25.3. The third-order valence-electron chi connectivity index (χ3n) is 5.54. The minimum Gasteiger partial charge on any atom is -0.425 e. The van der Waals surface area contributed by atoms with E-state index >= 15 is 0 Å². The molecule has 3 rings (SSSR count). The van der Waals surface area contributed by atoms with Gasteiger partial charge in [0.15, 0.2) is 0 Å². The van der Waals surface area contributed by atoms with Crippen molar-refractivity contribution in [3.05, 3.63) is 81.5 Å². The Hall–Kier alpha value is -3.28. The Morgan fingerprint density at radius 1 is 1.12 bits per heavy atom. The van der Waals surface area contributed by atoms with Gasteiger partial charge in [-0.2, -0.15) is 0 Å². The quantitative estimate of drug-likeness (QED) is 0.330. The molecule has 3 aromatic rings. The van der Waals surface area contributed by atoms with Gasteiger partial charge in [0.2, 0.25) is 0 Å². The van der Waals surface area contributed by atoms with Crippen molar-refractivity contribution in [1.29, 1.82) is 0 Å². The monoisotopic (exact) mass is 464 g/mol. The van der Waals surface area contributed by atoms with Crippen LogP contribution in [0, 0.1) is 24.1 Å². The van der Waals surface area contributed by atoms with Crippen molar-refractivity contribution in [2.75, 3.05) is 0 Å². The first-order valence-corrected chi connectivity index (χ1v) is 11.6. The van der Waals surface area contributed by atoms with Crippen LogP contribution in [0.5, 0.6) is 5.75 Å². The zero-order valence-electron chi connectivity index (χ0n) is 20.8. The highest BCUT2D eigenvalue weighted by atomic mass is 19.1. The molecule has 0 unspecified atom stereocenters. The Kier molecular flexibility index (Phi) is 7.70. The third-order valence-corrected chi connectivity index (χ3v) is 5.54. The third kappa shape index (κ3) is 5.99. The number of hydrogen-bond donors (Lipinski definition) is 0. The summed E-state index contributed by atoms with van der Waals surface area (Å²) in [6.07, 6.45) is 1.07. The van der Waals surface area contributed by atoms with E-state index < -0.39 is 5.41 Å². The van der Waals surface area contributed by atoms with Crippen molar-refractivity contribution in [2.24, 2.45) is 11.3 Å². The summed E-state index contributed by atoms with van der Waals surface area (Å²) in [5.74, 6) is 0.387. The molecule has 1 heterocycles. The second kappa shape index (κ2) is 10.3. The van der Waals surface area contributed by atoms with E-state index in [9.17, 15) is 14.0 Å². The number of rotatable bonds is 7. The van der Waals surface area contributed by atoms with Gasteiger partial charge in [-0.05, 0) is 76.3 Å². The molecule has 0 spiro atoms. The Balaban J connectivity index is 2.13. The van der Waals surface area contributed by atoms with Crippen LogP contribution in [0.3, 0.4) is 0 Å². The van der Waals surface area contributed by atoms with Crippen LogP contribution in [0.25, 0.3) is 11.4 Å². The smallest absolute Gasteiger partial charge is 0.316 e. The maximum atomic E-state index is 13.7. The number of aromatic nitrogens is 2. The molecule has 0 atom stereocenters. The number of nitrogens with zero attached hydrogens (tertiary/aromatic N) is 2. The molecule has 0 aliphatic heterocycles. The molecule has 34 heavy (non-hydrogen) atoms. The molecule has 2 aromatic carbocycles. The van der Waals surface area contributed by atoms with Gasteiger partial charge >= 0.3 is 5.97 Å². The van der Waals surface area contributed by atoms with Gasteiger partial charge in [-0.25, -0.2) is 9.37 Å². The van der Waals surface area contributed by atoms with Crippen molar-refractivity contribution in [3.63, 3.8) is 0 Å². The van der Waals surface area contributed by atoms with E-state index in [1.54, 1.807) is 49.6 Å². The summed E-state index contributed by atoms with van der Waals surface area (Å²) < 4.78 is 21.1. The number of esters is 1. The highest BCUT2D eigenvalue weighted by Crippen LogP contribution is 2.31. The average molecular weight is 465 g/mol. The lowest BCUT2D eigenvalue weighted by atomic mass is 9.97. The van der Waals surface area contributed by atoms with Crippen molar-refractivity contribution in [2.45, 2.75) is 60.9 Å². The van der Waals surface area contributed by atoms with Gasteiger partial charge in [0.05, 0.1) is 11.0 Å². The summed E-state index contributed by atoms with van der Waals surface area (Å²) in [6, 6.07) is 13.5. The van der Waals surface area contributed by atoms with Crippen molar-refractivity contribution >= 4 is 5.97 Å². The molecular weight excluding hydrogens is 431 g/mol. The van der Waals surface area contributed by atoms with E-state index in [2.05, 4.69) is 13.8 Å². The Morgan fingerprint density at radius 2 is 1.82 bits per heavy atom. The van der Waals surface area contributed by atoms with Crippen LogP contribution in [-0.2, 0) is 24.2 Å². The zero-order valence-corrected chi connectivity index (χ0v) is 20.8. The SMILES string of the molecule is Cc1nc(-c2ccccc2OC(=O)C(C)(C)C)n(CCc2cccc(F)c2)c(=O)c1CC(C)C. The van der Waals surface area contributed by atoms with Crippen LogP contribution in [0.15, 0.2) is 53.3 Å². The minimum absolute atomic E-state index is 0.121. The molecule has 0 N–H and O–H groups in total. The van der Waals surface area contributed by atoms with Crippen molar-refractivity contribution < 1.29 is 13.9 Å². The average Bonchev–Trinajstić information content (AvgIpc) is 2.75. The lowest BCUT2D eigenvalue weighted by Crippen LogP contribution is -2.30. The van der Waals surface area contributed by atoms with Gasteiger partial charge < -0.3 is 4.74 Å². The zero-order chi connectivity index (χ0) is 25.0. The predicted octanol–water partition coefficient (Wildman–Crippen LogP) is 5.75. The maximum absolute atomic E-state index is 13.7. The van der Waals surface area contributed by atoms with E-state index in [1.165, 1.54) is 12.1 Å². The van der Waals surface area contributed by atoms with Crippen LogP contribution in [0.1, 0.15) is 51.4 Å². The second-order valence-electron chi connectivity index (χ2n) is 10.1. The predicted molar refractivity (Wildman–Crippen MR) is 132 cm³/mol. The van der Waals surface area contributed by atoms with Crippen LogP contribution >= 0.6 is 0 Å². The van der Waals surface area contributed by atoms with Crippen molar-refractivity contribution in [3.8, 4) is 17.1 Å². The van der Waals surface area contributed by atoms with E-state index in [4.69, 9.17) is 9.72 Å². The van der Waals surface area contributed by atoms with E-state index in [0.717, 1.165) is 5.56 Å². The number of carbonyl (C=O) groups is 1. The highest BCUT2D eigenvalue weighted by Gasteiger charge is 2.26. The fourth-order valence-electron chi connectivity index (χ4n) is 3.68. The molecular formula is C28H33FN2O3. The summed E-state index contributed by atoms with van der Waals surface area (Å²) in [6.45, 7) is 11.6. The van der Waals surface area contributed by atoms with Crippen LogP contribution in [0.4, 0.5) is 4.39 Å². The largest absolute Gasteiger partial charge is 0.425 e. The maximum Gasteiger partial charge on any atom is 0.316 e. The van der Waals surface area contributed by atoms with Gasteiger partial charge in [-0.1, -0.05) is 38.1 Å². The molecule has 1 aromatic heterocycles.